The van der Waals surface area contributed by atoms with Gasteiger partial charge in [0.15, 0.2) is 6.10 Å². The van der Waals surface area contributed by atoms with Gasteiger partial charge in [-0.1, -0.05) is 64.7 Å². The molecule has 0 radical (unpaired) electrons. The predicted molar refractivity (Wildman–Crippen MR) is 92.7 cm³/mol. The topological polar surface area (TPSA) is 92.7 Å². The van der Waals surface area contributed by atoms with Gasteiger partial charge in [-0.3, -0.25) is 14.4 Å². The molecular formula is C18H33NO5. The molecule has 6 nitrogen and oxygen atoms in total. The number of esters is 1. The van der Waals surface area contributed by atoms with Crippen molar-refractivity contribution in [3.8, 4) is 0 Å². The van der Waals surface area contributed by atoms with Gasteiger partial charge in [0.2, 0.25) is 0 Å². The summed E-state index contributed by atoms with van der Waals surface area (Å²) in [5, 5.41) is 11.4. The average Bonchev–Trinajstić information content (AvgIpc) is 2.50. The first kappa shape index (κ1) is 22.4. The highest BCUT2D eigenvalue weighted by atomic mass is 16.5. The summed E-state index contributed by atoms with van der Waals surface area (Å²) in [6.45, 7) is 3.85. The average molecular weight is 343 g/mol. The van der Waals surface area contributed by atoms with Gasteiger partial charge in [0.05, 0.1) is 6.42 Å². The van der Waals surface area contributed by atoms with Crippen LogP contribution in [0, 0.1) is 0 Å². The molecule has 1 unspecified atom stereocenters. The highest BCUT2D eigenvalue weighted by Crippen LogP contribution is 2.10. The molecule has 0 heterocycles. The van der Waals surface area contributed by atoms with Crippen LogP contribution >= 0.6 is 0 Å². The number of amides is 1. The summed E-state index contributed by atoms with van der Waals surface area (Å²) in [5.41, 5.74) is 0. The number of hydrogen-bond acceptors (Lipinski definition) is 4. The van der Waals surface area contributed by atoms with Crippen LogP contribution in [-0.2, 0) is 19.1 Å². The van der Waals surface area contributed by atoms with E-state index in [0.29, 0.717) is 6.54 Å². The van der Waals surface area contributed by atoms with Crippen molar-refractivity contribution in [2.75, 3.05) is 6.54 Å². The quantitative estimate of drug-likeness (QED) is 0.351. The Kier molecular flexibility index (Phi) is 14.0. The van der Waals surface area contributed by atoms with Crippen molar-refractivity contribution in [3.63, 3.8) is 0 Å². The number of carboxylic acid groups (broad SMARTS) is 1. The van der Waals surface area contributed by atoms with Crippen molar-refractivity contribution in [2.45, 2.75) is 90.6 Å². The fourth-order valence-corrected chi connectivity index (χ4v) is 2.48. The number of carboxylic acids is 1. The van der Waals surface area contributed by atoms with Gasteiger partial charge in [-0.2, -0.15) is 0 Å². The van der Waals surface area contributed by atoms with Gasteiger partial charge in [-0.05, 0) is 6.42 Å². The molecule has 6 heteroatoms. The van der Waals surface area contributed by atoms with Crippen LogP contribution in [0.5, 0.6) is 0 Å². The van der Waals surface area contributed by atoms with E-state index in [1.807, 2.05) is 0 Å². The second-order valence-electron chi connectivity index (χ2n) is 6.17. The van der Waals surface area contributed by atoms with E-state index in [1.54, 1.807) is 0 Å². The zero-order valence-electron chi connectivity index (χ0n) is 15.1. The van der Waals surface area contributed by atoms with E-state index >= 15 is 0 Å². The number of aliphatic carboxylic acids is 1. The van der Waals surface area contributed by atoms with E-state index in [0.717, 1.165) is 26.2 Å². The summed E-state index contributed by atoms with van der Waals surface area (Å²) < 4.78 is 4.74. The Morgan fingerprint density at radius 1 is 0.917 bits per heavy atom. The number of hydrogen-bond donors (Lipinski definition) is 2. The number of ether oxygens (including phenoxy) is 1. The lowest BCUT2D eigenvalue weighted by Crippen LogP contribution is -2.39. The molecule has 1 amide bonds. The van der Waals surface area contributed by atoms with Gasteiger partial charge >= 0.3 is 11.9 Å². The minimum absolute atomic E-state index is 0.479. The zero-order chi connectivity index (χ0) is 18.2. The molecule has 140 valence electrons. The van der Waals surface area contributed by atoms with Crippen LogP contribution in [0.25, 0.3) is 0 Å². The van der Waals surface area contributed by atoms with Crippen molar-refractivity contribution in [2.24, 2.45) is 0 Å². The third-order valence-electron chi connectivity index (χ3n) is 3.79. The molecule has 24 heavy (non-hydrogen) atoms. The van der Waals surface area contributed by atoms with Crippen molar-refractivity contribution >= 4 is 17.8 Å². The van der Waals surface area contributed by atoms with Crippen LogP contribution in [0.2, 0.25) is 0 Å². The van der Waals surface area contributed by atoms with E-state index in [-0.39, 0.29) is 0 Å². The number of carbonyl (C=O) groups is 3. The highest BCUT2D eigenvalue weighted by Gasteiger charge is 2.24. The summed E-state index contributed by atoms with van der Waals surface area (Å²) in [5.74, 6) is -2.37. The second kappa shape index (κ2) is 15.0. The minimum Gasteiger partial charge on any atom is -0.481 e. The maximum Gasteiger partial charge on any atom is 0.307 e. The standard InChI is InChI=1S/C18H33NO5/c1-3-4-5-6-7-8-9-10-11-12-13-19-18(23)16(14-17(21)22)24-15(2)20/h16H,3-14H2,1-2H3,(H,19,23)(H,21,22). The Morgan fingerprint density at radius 2 is 1.42 bits per heavy atom. The summed E-state index contributed by atoms with van der Waals surface area (Å²) in [4.78, 5) is 33.4. The maximum absolute atomic E-state index is 11.8. The Bertz CT molecular complexity index is 354. The molecule has 0 spiro atoms. The summed E-state index contributed by atoms with van der Waals surface area (Å²) in [6, 6.07) is 0. The molecule has 0 saturated heterocycles. The van der Waals surface area contributed by atoms with Gasteiger partial charge in [-0.15, -0.1) is 0 Å². The third-order valence-corrected chi connectivity index (χ3v) is 3.79. The fourth-order valence-electron chi connectivity index (χ4n) is 2.48. The molecule has 0 aliphatic carbocycles. The number of nitrogens with one attached hydrogen (secondary N) is 1. The largest absolute Gasteiger partial charge is 0.481 e. The summed E-state index contributed by atoms with van der Waals surface area (Å²) in [7, 11) is 0. The van der Waals surface area contributed by atoms with Crippen molar-refractivity contribution in [1.29, 1.82) is 0 Å². The molecule has 0 aliphatic rings. The number of rotatable bonds is 15. The number of unbranched alkanes of at least 4 members (excludes halogenated alkanes) is 9. The van der Waals surface area contributed by atoms with Gasteiger partial charge in [-0.25, -0.2) is 0 Å². The van der Waals surface area contributed by atoms with E-state index < -0.39 is 30.4 Å². The van der Waals surface area contributed by atoms with Gasteiger partial charge in [0.25, 0.3) is 5.91 Å². The monoisotopic (exact) mass is 343 g/mol. The summed E-state index contributed by atoms with van der Waals surface area (Å²) >= 11 is 0. The van der Waals surface area contributed by atoms with Crippen LogP contribution in [-0.4, -0.2) is 35.6 Å². The van der Waals surface area contributed by atoms with Crippen LogP contribution in [0.1, 0.15) is 84.5 Å². The Labute approximate surface area is 145 Å². The maximum atomic E-state index is 11.8. The zero-order valence-corrected chi connectivity index (χ0v) is 15.1. The highest BCUT2D eigenvalue weighted by molar-refractivity contribution is 5.87. The van der Waals surface area contributed by atoms with Crippen LogP contribution < -0.4 is 5.32 Å². The lowest BCUT2D eigenvalue weighted by Gasteiger charge is -2.14. The second-order valence-corrected chi connectivity index (χ2v) is 6.17. The van der Waals surface area contributed by atoms with Crippen molar-refractivity contribution in [3.05, 3.63) is 0 Å². The smallest absolute Gasteiger partial charge is 0.307 e. The SMILES string of the molecule is CCCCCCCCCCCCNC(=O)C(CC(=O)O)OC(C)=O. The van der Waals surface area contributed by atoms with Crippen LogP contribution in [0.4, 0.5) is 0 Å². The lowest BCUT2D eigenvalue weighted by molar-refractivity contribution is -0.157. The van der Waals surface area contributed by atoms with Crippen LogP contribution in [0.15, 0.2) is 0 Å². The van der Waals surface area contributed by atoms with Gasteiger partial charge < -0.3 is 15.2 Å². The van der Waals surface area contributed by atoms with Gasteiger partial charge in [0.1, 0.15) is 0 Å². The Hall–Kier alpha value is -1.59. The molecule has 0 aliphatic heterocycles. The summed E-state index contributed by atoms with van der Waals surface area (Å²) in [6.07, 6.45) is 10.3. The van der Waals surface area contributed by atoms with Crippen molar-refractivity contribution < 1.29 is 24.2 Å². The molecule has 0 rings (SSSR count). The molecular weight excluding hydrogens is 310 g/mol. The molecule has 2 N–H and O–H groups in total. The molecule has 0 aromatic rings. The van der Waals surface area contributed by atoms with E-state index in [1.165, 1.54) is 44.9 Å². The lowest BCUT2D eigenvalue weighted by atomic mass is 10.1. The van der Waals surface area contributed by atoms with Gasteiger partial charge in [0, 0.05) is 13.5 Å². The van der Waals surface area contributed by atoms with E-state index in [2.05, 4.69) is 12.2 Å². The predicted octanol–water partition coefficient (Wildman–Crippen LogP) is 3.43. The first-order valence-electron chi connectivity index (χ1n) is 9.14. The molecule has 0 bridgehead atoms. The molecule has 1 atom stereocenters. The minimum atomic E-state index is -1.25. The first-order valence-corrected chi connectivity index (χ1v) is 9.14. The molecule has 0 aromatic heterocycles. The molecule has 0 fully saturated rings. The Balaban J connectivity index is 3.65. The molecule has 0 aromatic carbocycles. The first-order chi connectivity index (χ1) is 11.5. The van der Waals surface area contributed by atoms with E-state index in [9.17, 15) is 14.4 Å². The third kappa shape index (κ3) is 14.0. The Morgan fingerprint density at radius 3 is 1.88 bits per heavy atom. The van der Waals surface area contributed by atoms with E-state index in [4.69, 9.17) is 9.84 Å². The fraction of sp³-hybridized carbons (Fsp3) is 0.833. The van der Waals surface area contributed by atoms with Crippen LogP contribution in [0.3, 0.4) is 0 Å². The molecule has 0 saturated carbocycles. The number of carbonyl (C=O) groups excluding carboxylic acids is 2. The normalized spacial score (nSPS) is 11.8. The van der Waals surface area contributed by atoms with Crippen molar-refractivity contribution in [1.82, 2.24) is 5.32 Å².